The number of nitrogens with zero attached hydrogens (tertiary/aromatic N) is 3. The Morgan fingerprint density at radius 1 is 1.33 bits per heavy atom. The molecule has 0 fully saturated rings. The van der Waals surface area contributed by atoms with Crippen LogP contribution in [-0.2, 0) is 6.54 Å². The third kappa shape index (κ3) is 2.18. The zero-order chi connectivity index (χ0) is 10.8. The van der Waals surface area contributed by atoms with E-state index in [1.165, 1.54) is 23.1 Å². The number of aryl methyl sites for hydroxylation is 1. The fourth-order valence-electron chi connectivity index (χ4n) is 1.29. The summed E-state index contributed by atoms with van der Waals surface area (Å²) in [5.74, 6) is -0.522. The molecule has 0 spiro atoms. The van der Waals surface area contributed by atoms with Crippen LogP contribution in [0.3, 0.4) is 0 Å². The van der Waals surface area contributed by atoms with Crippen LogP contribution in [0.1, 0.15) is 11.4 Å². The highest BCUT2D eigenvalue weighted by Crippen LogP contribution is 2.10. The zero-order valence-corrected chi connectivity index (χ0v) is 8.11. The molecule has 0 saturated heterocycles. The summed E-state index contributed by atoms with van der Waals surface area (Å²) in [4.78, 5) is 3.92. The van der Waals surface area contributed by atoms with Crippen molar-refractivity contribution >= 4 is 0 Å². The van der Waals surface area contributed by atoms with Gasteiger partial charge in [-0.15, -0.1) is 0 Å². The molecule has 0 amide bonds. The average Bonchev–Trinajstić information content (AvgIpc) is 2.56. The summed E-state index contributed by atoms with van der Waals surface area (Å²) >= 11 is 0. The van der Waals surface area contributed by atoms with E-state index >= 15 is 0 Å². The van der Waals surface area contributed by atoms with Gasteiger partial charge in [-0.3, -0.25) is 0 Å². The molecule has 2 aromatic rings. The molecule has 1 aromatic heterocycles. The maximum Gasteiger partial charge on any atom is 0.147 e. The predicted molar refractivity (Wildman–Crippen MR) is 50.2 cm³/mol. The molecule has 0 radical (unpaired) electrons. The molecule has 2 rings (SSSR count). The largest absolute Gasteiger partial charge is 0.248 e. The van der Waals surface area contributed by atoms with Crippen LogP contribution < -0.4 is 0 Å². The molecule has 15 heavy (non-hydrogen) atoms. The van der Waals surface area contributed by atoms with Crippen molar-refractivity contribution in [3.8, 4) is 0 Å². The normalized spacial score (nSPS) is 10.6. The molecule has 1 aromatic carbocycles. The Morgan fingerprint density at radius 2 is 2.13 bits per heavy atom. The number of aromatic nitrogens is 3. The maximum absolute atomic E-state index is 13.2. The van der Waals surface area contributed by atoms with E-state index in [9.17, 15) is 8.78 Å². The van der Waals surface area contributed by atoms with Crippen molar-refractivity contribution < 1.29 is 8.78 Å². The second-order valence-corrected chi connectivity index (χ2v) is 3.23. The highest BCUT2D eigenvalue weighted by Gasteiger charge is 2.05. The molecule has 0 N–H and O–H groups in total. The van der Waals surface area contributed by atoms with Gasteiger partial charge in [-0.05, 0) is 13.0 Å². The Morgan fingerprint density at radius 3 is 2.73 bits per heavy atom. The zero-order valence-electron chi connectivity index (χ0n) is 8.11. The highest BCUT2D eigenvalue weighted by atomic mass is 19.1. The second-order valence-electron chi connectivity index (χ2n) is 3.23. The molecular formula is C10H9F2N3. The van der Waals surface area contributed by atoms with Crippen LogP contribution in [0.5, 0.6) is 0 Å². The molecule has 1 heterocycles. The van der Waals surface area contributed by atoms with E-state index < -0.39 is 11.6 Å². The first-order chi connectivity index (χ1) is 7.15. The van der Waals surface area contributed by atoms with Gasteiger partial charge >= 0.3 is 0 Å². The Bertz CT molecular complexity index is 479. The van der Waals surface area contributed by atoms with Gasteiger partial charge in [0.25, 0.3) is 0 Å². The molecule has 3 nitrogen and oxygen atoms in total. The first kappa shape index (κ1) is 9.76. The molecular weight excluding hydrogens is 200 g/mol. The van der Waals surface area contributed by atoms with Gasteiger partial charge < -0.3 is 0 Å². The summed E-state index contributed by atoms with van der Waals surface area (Å²) in [7, 11) is 0. The first-order valence-corrected chi connectivity index (χ1v) is 4.45. The molecule has 0 bridgehead atoms. The summed E-state index contributed by atoms with van der Waals surface area (Å²) < 4.78 is 27.4. The van der Waals surface area contributed by atoms with E-state index in [0.717, 1.165) is 6.07 Å². The quantitative estimate of drug-likeness (QED) is 0.756. The van der Waals surface area contributed by atoms with Crippen LogP contribution in [-0.4, -0.2) is 14.8 Å². The fraction of sp³-hybridized carbons (Fsp3) is 0.200. The Labute approximate surface area is 85.4 Å². The minimum Gasteiger partial charge on any atom is -0.248 e. The van der Waals surface area contributed by atoms with E-state index in [-0.39, 0.29) is 6.54 Å². The molecule has 0 aliphatic rings. The third-order valence-corrected chi connectivity index (χ3v) is 2.00. The van der Waals surface area contributed by atoms with Crippen molar-refractivity contribution in [2.45, 2.75) is 13.5 Å². The van der Waals surface area contributed by atoms with E-state index in [1.807, 2.05) is 0 Å². The lowest BCUT2D eigenvalue weighted by atomic mass is 10.2. The van der Waals surface area contributed by atoms with Crippen LogP contribution in [0, 0.1) is 18.6 Å². The van der Waals surface area contributed by atoms with E-state index in [1.54, 1.807) is 6.92 Å². The molecule has 5 heteroatoms. The van der Waals surface area contributed by atoms with Gasteiger partial charge in [-0.1, -0.05) is 6.07 Å². The SMILES string of the molecule is Cc1ncn(Cc2ccc(F)cc2F)n1. The number of hydrogen-bond donors (Lipinski definition) is 0. The van der Waals surface area contributed by atoms with Crippen molar-refractivity contribution in [1.29, 1.82) is 0 Å². The van der Waals surface area contributed by atoms with E-state index in [2.05, 4.69) is 10.1 Å². The number of rotatable bonds is 2. The van der Waals surface area contributed by atoms with Crippen LogP contribution in [0.15, 0.2) is 24.5 Å². The molecule has 0 aliphatic carbocycles. The monoisotopic (exact) mass is 209 g/mol. The van der Waals surface area contributed by atoms with Gasteiger partial charge in [0, 0.05) is 11.6 Å². The van der Waals surface area contributed by atoms with Gasteiger partial charge in [0.1, 0.15) is 23.8 Å². The van der Waals surface area contributed by atoms with Crippen LogP contribution in [0.4, 0.5) is 8.78 Å². The summed E-state index contributed by atoms with van der Waals surface area (Å²) in [6, 6.07) is 3.49. The van der Waals surface area contributed by atoms with Crippen molar-refractivity contribution in [1.82, 2.24) is 14.8 Å². The minimum atomic E-state index is -0.578. The molecule has 0 unspecified atom stereocenters. The Kier molecular flexibility index (Phi) is 2.45. The molecule has 0 atom stereocenters. The molecule has 0 saturated carbocycles. The molecule has 0 aliphatic heterocycles. The van der Waals surface area contributed by atoms with Gasteiger partial charge in [-0.2, -0.15) is 5.10 Å². The van der Waals surface area contributed by atoms with Crippen LogP contribution >= 0.6 is 0 Å². The topological polar surface area (TPSA) is 30.7 Å². The standard InChI is InChI=1S/C10H9F2N3/c1-7-13-6-15(14-7)5-8-2-3-9(11)4-10(8)12/h2-4,6H,5H2,1H3. The number of halogens is 2. The van der Waals surface area contributed by atoms with Gasteiger partial charge in [0.15, 0.2) is 0 Å². The predicted octanol–water partition coefficient (Wildman–Crippen LogP) is 1.91. The summed E-state index contributed by atoms with van der Waals surface area (Å²) in [6.07, 6.45) is 1.51. The smallest absolute Gasteiger partial charge is 0.147 e. The minimum absolute atomic E-state index is 0.257. The number of hydrogen-bond acceptors (Lipinski definition) is 2. The lowest BCUT2D eigenvalue weighted by molar-refractivity contribution is 0.557. The Hall–Kier alpha value is -1.78. The van der Waals surface area contributed by atoms with Gasteiger partial charge in [0.2, 0.25) is 0 Å². The van der Waals surface area contributed by atoms with Crippen molar-refractivity contribution in [2.24, 2.45) is 0 Å². The molecule has 78 valence electrons. The van der Waals surface area contributed by atoms with E-state index in [4.69, 9.17) is 0 Å². The summed E-state index contributed by atoms with van der Waals surface area (Å²) in [5, 5.41) is 4.01. The average molecular weight is 209 g/mol. The fourth-order valence-corrected chi connectivity index (χ4v) is 1.29. The third-order valence-electron chi connectivity index (χ3n) is 2.00. The van der Waals surface area contributed by atoms with Crippen molar-refractivity contribution in [2.75, 3.05) is 0 Å². The first-order valence-electron chi connectivity index (χ1n) is 4.45. The summed E-state index contributed by atoms with van der Waals surface area (Å²) in [6.45, 7) is 2.00. The van der Waals surface area contributed by atoms with E-state index in [0.29, 0.717) is 11.4 Å². The van der Waals surface area contributed by atoms with Crippen LogP contribution in [0.2, 0.25) is 0 Å². The second kappa shape index (κ2) is 3.76. The maximum atomic E-state index is 13.2. The lowest BCUT2D eigenvalue weighted by Crippen LogP contribution is -2.03. The lowest BCUT2D eigenvalue weighted by Gasteiger charge is -2.02. The number of benzene rings is 1. The van der Waals surface area contributed by atoms with Crippen molar-refractivity contribution in [3.63, 3.8) is 0 Å². The van der Waals surface area contributed by atoms with Crippen molar-refractivity contribution in [3.05, 3.63) is 47.5 Å². The van der Waals surface area contributed by atoms with Crippen LogP contribution in [0.25, 0.3) is 0 Å². The highest BCUT2D eigenvalue weighted by molar-refractivity contribution is 5.18. The Balaban J connectivity index is 2.24. The summed E-state index contributed by atoms with van der Waals surface area (Å²) in [5.41, 5.74) is 0.390. The van der Waals surface area contributed by atoms with Gasteiger partial charge in [-0.25, -0.2) is 18.4 Å². The van der Waals surface area contributed by atoms with Gasteiger partial charge in [0.05, 0.1) is 6.54 Å².